The van der Waals surface area contributed by atoms with Crippen molar-refractivity contribution < 1.29 is 19.1 Å². The minimum Gasteiger partial charge on any atom is -0.422 e. The van der Waals surface area contributed by atoms with Crippen molar-refractivity contribution in [1.82, 2.24) is 5.43 Å². The maximum atomic E-state index is 12.5. The fraction of sp³-hybridized carbons (Fsp3) is 0. The normalized spacial score (nSPS) is 10.6. The number of esters is 1. The number of hydrogen-bond donors (Lipinski definition) is 2. The first kappa shape index (κ1) is 25.8. The molecule has 4 rings (SSSR count). The number of hydrazone groups is 1. The molecule has 4 aromatic carbocycles. The van der Waals surface area contributed by atoms with Crippen LogP contribution >= 0.6 is 27.5 Å². The first-order valence-corrected chi connectivity index (χ1v) is 12.1. The molecule has 0 heterocycles. The number of carbonyl (C=O) groups excluding carboxylic acids is 3. The van der Waals surface area contributed by atoms with Crippen molar-refractivity contribution in [2.75, 3.05) is 5.32 Å². The Hall–Kier alpha value is -4.27. The van der Waals surface area contributed by atoms with Gasteiger partial charge < -0.3 is 10.1 Å². The molecule has 0 saturated heterocycles. The van der Waals surface area contributed by atoms with E-state index in [2.05, 4.69) is 31.8 Å². The van der Waals surface area contributed by atoms with Crippen LogP contribution in [0.5, 0.6) is 5.75 Å². The number of nitrogens with zero attached hydrogens (tertiary/aromatic N) is 1. The van der Waals surface area contributed by atoms with Crippen LogP contribution in [0, 0.1) is 0 Å². The molecule has 2 N–H and O–H groups in total. The monoisotopic (exact) mass is 575 g/mol. The second-order valence-corrected chi connectivity index (χ2v) is 9.02. The highest BCUT2D eigenvalue weighted by atomic mass is 79.9. The van der Waals surface area contributed by atoms with Gasteiger partial charge in [0, 0.05) is 31.9 Å². The van der Waals surface area contributed by atoms with Crippen molar-refractivity contribution in [1.29, 1.82) is 0 Å². The number of benzene rings is 4. The Labute approximate surface area is 226 Å². The molecule has 0 spiro atoms. The second-order valence-electron chi connectivity index (χ2n) is 7.67. The number of nitrogens with one attached hydrogen (secondary N) is 2. The third-order valence-electron chi connectivity index (χ3n) is 5.08. The summed E-state index contributed by atoms with van der Waals surface area (Å²) in [4.78, 5) is 37.3. The van der Waals surface area contributed by atoms with Gasteiger partial charge in [-0.2, -0.15) is 5.10 Å². The van der Waals surface area contributed by atoms with Crippen molar-refractivity contribution in [3.8, 4) is 5.75 Å². The molecule has 7 nitrogen and oxygen atoms in total. The van der Waals surface area contributed by atoms with Gasteiger partial charge >= 0.3 is 5.97 Å². The molecule has 0 unspecified atom stereocenters. The zero-order valence-corrected chi connectivity index (χ0v) is 21.5. The fourth-order valence-electron chi connectivity index (χ4n) is 3.16. The highest BCUT2D eigenvalue weighted by Crippen LogP contribution is 2.19. The highest BCUT2D eigenvalue weighted by Gasteiger charge is 2.11. The van der Waals surface area contributed by atoms with E-state index in [0.717, 1.165) is 4.47 Å². The maximum Gasteiger partial charge on any atom is 0.343 e. The summed E-state index contributed by atoms with van der Waals surface area (Å²) >= 11 is 9.20. The summed E-state index contributed by atoms with van der Waals surface area (Å²) < 4.78 is 6.35. The van der Waals surface area contributed by atoms with E-state index in [0.29, 0.717) is 33.0 Å². The topological polar surface area (TPSA) is 96.9 Å². The van der Waals surface area contributed by atoms with E-state index in [4.69, 9.17) is 16.3 Å². The van der Waals surface area contributed by atoms with Gasteiger partial charge in [-0.25, -0.2) is 10.2 Å². The average Bonchev–Trinajstić information content (AvgIpc) is 2.90. The highest BCUT2D eigenvalue weighted by molar-refractivity contribution is 9.10. The Morgan fingerprint density at radius 1 is 0.757 bits per heavy atom. The Bertz CT molecular complexity index is 1450. The van der Waals surface area contributed by atoms with Crippen LogP contribution in [0.1, 0.15) is 36.6 Å². The second kappa shape index (κ2) is 12.1. The van der Waals surface area contributed by atoms with Gasteiger partial charge in [0.1, 0.15) is 5.75 Å². The SMILES string of the molecule is O=C(N/N=C\c1ccccc1OC(=O)c1ccc(Cl)cc1)c1ccc(NC(=O)c2ccc(Br)cc2)cc1. The number of ether oxygens (including phenoxy) is 1. The van der Waals surface area contributed by atoms with Crippen LogP contribution in [0.25, 0.3) is 0 Å². The first-order chi connectivity index (χ1) is 17.9. The lowest BCUT2D eigenvalue weighted by molar-refractivity contribution is 0.0734. The minimum absolute atomic E-state index is 0.260. The largest absolute Gasteiger partial charge is 0.422 e. The van der Waals surface area contributed by atoms with Crippen LogP contribution in [0.2, 0.25) is 5.02 Å². The smallest absolute Gasteiger partial charge is 0.343 e. The lowest BCUT2D eigenvalue weighted by atomic mass is 10.1. The Morgan fingerprint density at radius 2 is 1.35 bits per heavy atom. The zero-order chi connectivity index (χ0) is 26.2. The molecule has 4 aromatic rings. The van der Waals surface area contributed by atoms with Crippen LogP contribution in [-0.2, 0) is 0 Å². The van der Waals surface area contributed by atoms with E-state index in [-0.39, 0.29) is 11.7 Å². The summed E-state index contributed by atoms with van der Waals surface area (Å²) in [7, 11) is 0. The Morgan fingerprint density at radius 3 is 2.05 bits per heavy atom. The number of anilines is 1. The summed E-state index contributed by atoms with van der Waals surface area (Å²) in [5.74, 6) is -0.970. The number of halogens is 2. The Balaban J connectivity index is 1.35. The van der Waals surface area contributed by atoms with Gasteiger partial charge in [-0.15, -0.1) is 0 Å². The van der Waals surface area contributed by atoms with Crippen molar-refractivity contribution in [2.24, 2.45) is 5.10 Å². The summed E-state index contributed by atoms with van der Waals surface area (Å²) in [6.07, 6.45) is 1.38. The van der Waals surface area contributed by atoms with Gasteiger partial charge in [0.15, 0.2) is 0 Å². The standard InChI is InChI=1S/C28H19BrClN3O4/c29-22-11-5-18(6-12-22)26(34)32-24-15-9-19(10-16-24)27(35)33-31-17-21-3-1-2-4-25(21)37-28(36)20-7-13-23(30)14-8-20/h1-17H,(H,32,34)(H,33,35)/b31-17-. The third-order valence-corrected chi connectivity index (χ3v) is 5.86. The number of hydrogen-bond acceptors (Lipinski definition) is 5. The molecule has 0 aliphatic heterocycles. The maximum absolute atomic E-state index is 12.5. The summed E-state index contributed by atoms with van der Waals surface area (Å²) in [6.45, 7) is 0. The molecule has 0 radical (unpaired) electrons. The molecule has 9 heteroatoms. The van der Waals surface area contributed by atoms with Gasteiger partial charge in [-0.05, 0) is 84.9 Å². The van der Waals surface area contributed by atoms with Gasteiger partial charge in [-0.1, -0.05) is 39.7 Å². The quantitative estimate of drug-likeness (QED) is 0.116. The van der Waals surface area contributed by atoms with Crippen LogP contribution < -0.4 is 15.5 Å². The van der Waals surface area contributed by atoms with Crippen LogP contribution in [0.15, 0.2) is 107 Å². The average molecular weight is 577 g/mol. The molecule has 0 atom stereocenters. The van der Waals surface area contributed by atoms with Crippen molar-refractivity contribution in [3.63, 3.8) is 0 Å². The van der Waals surface area contributed by atoms with Crippen molar-refractivity contribution in [2.45, 2.75) is 0 Å². The molecular weight excluding hydrogens is 558 g/mol. The predicted octanol–water partition coefficient (Wildman–Crippen LogP) is 6.34. The summed E-state index contributed by atoms with van der Waals surface area (Å²) in [6, 6.07) is 26.5. The lowest BCUT2D eigenvalue weighted by Crippen LogP contribution is -2.18. The van der Waals surface area contributed by atoms with E-state index in [1.807, 2.05) is 0 Å². The lowest BCUT2D eigenvalue weighted by Gasteiger charge is -2.08. The first-order valence-electron chi connectivity index (χ1n) is 11.0. The number of rotatable bonds is 7. The van der Waals surface area contributed by atoms with Crippen molar-refractivity contribution >= 4 is 57.2 Å². The third kappa shape index (κ3) is 7.13. The Kier molecular flexibility index (Phi) is 8.45. The van der Waals surface area contributed by atoms with Crippen LogP contribution in [0.3, 0.4) is 0 Å². The van der Waals surface area contributed by atoms with E-state index in [1.54, 1.807) is 97.1 Å². The predicted molar refractivity (Wildman–Crippen MR) is 146 cm³/mol. The van der Waals surface area contributed by atoms with Crippen LogP contribution in [0.4, 0.5) is 5.69 Å². The molecule has 0 fully saturated rings. The fourth-order valence-corrected chi connectivity index (χ4v) is 3.55. The van der Waals surface area contributed by atoms with Gasteiger partial charge in [0.2, 0.25) is 0 Å². The number of para-hydroxylation sites is 1. The van der Waals surface area contributed by atoms with Gasteiger partial charge in [0.25, 0.3) is 11.8 Å². The van der Waals surface area contributed by atoms with E-state index in [1.165, 1.54) is 6.21 Å². The molecule has 184 valence electrons. The molecular formula is C28H19BrClN3O4. The summed E-state index contributed by atoms with van der Waals surface area (Å²) in [5, 5.41) is 7.28. The van der Waals surface area contributed by atoms with E-state index >= 15 is 0 Å². The molecule has 0 aliphatic rings. The molecule has 0 aromatic heterocycles. The molecule has 0 saturated carbocycles. The minimum atomic E-state index is -0.547. The molecule has 0 aliphatic carbocycles. The van der Waals surface area contributed by atoms with E-state index < -0.39 is 11.9 Å². The zero-order valence-electron chi connectivity index (χ0n) is 19.2. The number of amides is 2. The molecule has 37 heavy (non-hydrogen) atoms. The molecule has 2 amide bonds. The summed E-state index contributed by atoms with van der Waals surface area (Å²) in [5.41, 5.74) is 4.69. The van der Waals surface area contributed by atoms with Gasteiger partial charge in [0.05, 0.1) is 11.8 Å². The van der Waals surface area contributed by atoms with Gasteiger partial charge in [-0.3, -0.25) is 9.59 Å². The molecule has 0 bridgehead atoms. The number of carbonyl (C=O) groups is 3. The van der Waals surface area contributed by atoms with Crippen LogP contribution in [-0.4, -0.2) is 24.0 Å². The van der Waals surface area contributed by atoms with Crippen molar-refractivity contribution in [3.05, 3.63) is 129 Å². The van der Waals surface area contributed by atoms with E-state index in [9.17, 15) is 14.4 Å².